The fourth-order valence-corrected chi connectivity index (χ4v) is 8.69. The fourth-order valence-electron chi connectivity index (χ4n) is 8.42. The summed E-state index contributed by atoms with van der Waals surface area (Å²) in [5.74, 6) is -2.33. The number of anilines is 1. The van der Waals surface area contributed by atoms with Gasteiger partial charge in [-0.1, -0.05) is 23.8 Å². The highest BCUT2D eigenvalue weighted by molar-refractivity contribution is 6.32. The molecular weight excluding hydrogens is 802 g/mol. The van der Waals surface area contributed by atoms with E-state index in [9.17, 15) is 29.7 Å². The van der Waals surface area contributed by atoms with Crippen molar-refractivity contribution in [3.05, 3.63) is 112 Å². The topological polar surface area (TPSA) is 218 Å². The number of aliphatic hydroxyl groups excluding tert-OH is 2. The number of esters is 2. The van der Waals surface area contributed by atoms with E-state index in [0.29, 0.717) is 22.6 Å². The van der Waals surface area contributed by atoms with Crippen LogP contribution in [0.3, 0.4) is 0 Å². The highest BCUT2D eigenvalue weighted by Gasteiger charge is 2.65. The van der Waals surface area contributed by atoms with E-state index in [1.54, 1.807) is 57.1 Å². The number of benzene rings is 2. The van der Waals surface area contributed by atoms with Crippen LogP contribution < -0.4 is 25.3 Å². The van der Waals surface area contributed by atoms with Gasteiger partial charge in [0, 0.05) is 17.7 Å². The SMILES string of the molecule is C=C1Oc2cc(OC)cc(C(=O)O[C@H]3COC(=O)C[C@H](N)c4cc(O)c(c(Cl)c4)O[C@@H]4[C-]5C=CC3=C=C5C3=C[C+]=C[C@@]34O[C@@H]3OC(C)(C)[C@@H](N(C)C)[C@@H](O)[C@H]3O)c2NC1=O. The lowest BCUT2D eigenvalue weighted by molar-refractivity contribution is -0.329. The van der Waals surface area contributed by atoms with Gasteiger partial charge in [0.05, 0.1) is 47.5 Å². The summed E-state index contributed by atoms with van der Waals surface area (Å²) in [5.41, 5.74) is 8.27. The maximum Gasteiger partial charge on any atom is 0.341 e. The largest absolute Gasteiger partial charge is 0.504 e. The molecule has 60 heavy (non-hydrogen) atoms. The number of carbonyl (C=O) groups is 3. The summed E-state index contributed by atoms with van der Waals surface area (Å²) in [4.78, 5) is 41.7. The summed E-state index contributed by atoms with van der Waals surface area (Å²) in [6, 6.07) is 4.00. The van der Waals surface area contributed by atoms with Crippen molar-refractivity contribution in [2.24, 2.45) is 5.73 Å². The van der Waals surface area contributed by atoms with Crippen LogP contribution in [0.15, 0.2) is 83.4 Å². The van der Waals surface area contributed by atoms with Gasteiger partial charge < -0.3 is 64.4 Å². The van der Waals surface area contributed by atoms with E-state index in [-0.39, 0.29) is 57.0 Å². The van der Waals surface area contributed by atoms with Crippen molar-refractivity contribution in [1.29, 1.82) is 0 Å². The smallest absolute Gasteiger partial charge is 0.341 e. The molecule has 0 unspecified atom stereocenters. The Balaban J connectivity index is 1.24. The number of phenols is 1. The van der Waals surface area contributed by atoms with E-state index in [2.05, 4.69) is 23.7 Å². The zero-order chi connectivity index (χ0) is 43.0. The van der Waals surface area contributed by atoms with Crippen molar-refractivity contribution in [3.63, 3.8) is 0 Å². The minimum Gasteiger partial charge on any atom is -0.504 e. The lowest BCUT2D eigenvalue weighted by Crippen LogP contribution is -2.68. The Bertz CT molecular complexity index is 2340. The van der Waals surface area contributed by atoms with Crippen LogP contribution in [0.5, 0.6) is 23.0 Å². The van der Waals surface area contributed by atoms with E-state index in [1.807, 2.05) is 0 Å². The van der Waals surface area contributed by atoms with Crippen molar-refractivity contribution in [1.82, 2.24) is 4.90 Å². The Kier molecular flexibility index (Phi) is 10.4. The maximum absolute atomic E-state index is 14.1. The first-order valence-corrected chi connectivity index (χ1v) is 19.3. The number of hydrogen-bond acceptors (Lipinski definition) is 15. The zero-order valence-electron chi connectivity index (χ0n) is 33.1. The molecule has 1 saturated carbocycles. The number of hydrogen-bond donors (Lipinski definition) is 5. The molecule has 6 N–H and O–H groups in total. The Hall–Kier alpha value is -5.64. The van der Waals surface area contributed by atoms with Crippen LogP contribution in [-0.4, -0.2) is 114 Å². The van der Waals surface area contributed by atoms with Crippen molar-refractivity contribution in [2.75, 3.05) is 33.1 Å². The molecule has 2 aromatic carbocycles. The predicted octanol–water partition coefficient (Wildman–Crippen LogP) is 3.27. The molecule has 8 atom stereocenters. The number of ether oxygens (including phenoxy) is 7. The fraction of sp³-hybridized carbons (Fsp3) is 0.372. The molecule has 17 heteroatoms. The number of likely N-dealkylation sites (N-methyl/N-ethyl adjacent to an activating group) is 1. The minimum atomic E-state index is -1.64. The van der Waals surface area contributed by atoms with E-state index < -0.39 is 78.4 Å². The van der Waals surface area contributed by atoms with Gasteiger partial charge >= 0.3 is 11.9 Å². The van der Waals surface area contributed by atoms with Gasteiger partial charge in [0.25, 0.3) is 5.91 Å². The number of aromatic hydroxyl groups is 1. The quantitative estimate of drug-likeness (QED) is 0.122. The molecule has 3 aliphatic carbocycles. The van der Waals surface area contributed by atoms with Crippen LogP contribution in [0.4, 0.5) is 5.69 Å². The van der Waals surface area contributed by atoms with E-state index in [4.69, 9.17) is 50.5 Å². The summed E-state index contributed by atoms with van der Waals surface area (Å²) in [6.45, 7) is 6.63. The molecule has 1 saturated heterocycles. The third-order valence-electron chi connectivity index (χ3n) is 11.2. The molecule has 6 heterocycles. The summed E-state index contributed by atoms with van der Waals surface area (Å²) < 4.78 is 42.4. The predicted molar refractivity (Wildman–Crippen MR) is 212 cm³/mol. The second-order valence-electron chi connectivity index (χ2n) is 15.8. The molecular formula is C43H42ClN3O13. The molecule has 2 aromatic rings. The molecule has 2 fully saturated rings. The molecule has 314 valence electrons. The number of carbonyl (C=O) groups excluding carboxylic acids is 3. The number of nitrogens with two attached hydrogens (primary N) is 1. The van der Waals surface area contributed by atoms with Crippen LogP contribution >= 0.6 is 11.6 Å². The number of methoxy groups -OCH3 is 1. The average molecular weight is 844 g/mol. The first-order chi connectivity index (χ1) is 28.4. The Morgan fingerprint density at radius 3 is 2.67 bits per heavy atom. The number of aliphatic hydroxyl groups is 2. The van der Waals surface area contributed by atoms with Gasteiger partial charge in [-0.25, -0.2) is 10.5 Å². The lowest BCUT2D eigenvalue weighted by atomic mass is 9.86. The van der Waals surface area contributed by atoms with Gasteiger partial charge in [0.1, 0.15) is 36.2 Å². The Labute approximate surface area is 349 Å². The van der Waals surface area contributed by atoms with Crippen molar-refractivity contribution < 1.29 is 62.9 Å². The number of amides is 1. The molecule has 0 aromatic heterocycles. The van der Waals surface area contributed by atoms with Gasteiger partial charge in [-0.3, -0.25) is 9.59 Å². The normalized spacial score (nSPS) is 30.0. The third-order valence-corrected chi connectivity index (χ3v) is 11.5. The van der Waals surface area contributed by atoms with Crippen LogP contribution in [-0.2, 0) is 28.5 Å². The van der Waals surface area contributed by atoms with Crippen LogP contribution in [0.2, 0.25) is 5.02 Å². The number of halogens is 1. The lowest BCUT2D eigenvalue weighted by Gasteiger charge is -2.50. The van der Waals surface area contributed by atoms with Gasteiger partial charge in [0.15, 0.2) is 47.6 Å². The van der Waals surface area contributed by atoms with Gasteiger partial charge in [-0.2, -0.15) is 0 Å². The summed E-state index contributed by atoms with van der Waals surface area (Å²) in [6.07, 6.45) is 2.46. The molecule has 16 nitrogen and oxygen atoms in total. The van der Waals surface area contributed by atoms with Gasteiger partial charge in [0.2, 0.25) is 5.60 Å². The number of phenolic OH excluding ortho intramolecular Hbond substituents is 1. The number of nitrogens with zero attached hydrogens (tertiary/aromatic N) is 1. The van der Waals surface area contributed by atoms with E-state index >= 15 is 0 Å². The number of fused-ring (bicyclic) bond motifs is 2. The van der Waals surface area contributed by atoms with Crippen molar-refractivity contribution in [2.45, 2.75) is 74.3 Å². The molecule has 6 aliphatic heterocycles. The summed E-state index contributed by atoms with van der Waals surface area (Å²) >= 11 is 6.75. The number of allylic oxidation sites excluding steroid dienone is 2. The van der Waals surface area contributed by atoms with Crippen LogP contribution in [0.25, 0.3) is 0 Å². The Morgan fingerprint density at radius 1 is 1.18 bits per heavy atom. The molecule has 1 amide bonds. The molecule has 6 bridgehead atoms. The molecule has 11 rings (SSSR count). The molecule has 0 spiro atoms. The first-order valence-electron chi connectivity index (χ1n) is 18.9. The van der Waals surface area contributed by atoms with E-state index in [1.165, 1.54) is 31.4 Å². The van der Waals surface area contributed by atoms with Crippen LogP contribution in [0.1, 0.15) is 42.2 Å². The number of nitrogens with one attached hydrogen (secondary N) is 1. The maximum atomic E-state index is 14.1. The zero-order valence-corrected chi connectivity index (χ0v) is 33.9. The summed E-state index contributed by atoms with van der Waals surface area (Å²) in [7, 11) is 4.92. The molecule has 0 radical (unpaired) electrons. The van der Waals surface area contributed by atoms with Gasteiger partial charge in [-0.15, -0.1) is 12.2 Å². The third kappa shape index (κ3) is 6.91. The monoisotopic (exact) mass is 843 g/mol. The van der Waals surface area contributed by atoms with Gasteiger partial charge in [-0.05, 0) is 57.6 Å². The second-order valence-corrected chi connectivity index (χ2v) is 16.2. The standard InChI is InChI=1S/C43H42ClN3O13/c1-19-39(52)46-33-25(15-22(54-6)16-30(33)56-19)40(53)57-31-18-55-32(49)17-28(45)21-13-27(44)36(29(48)14-21)58-38-23-10-9-20(31)12-24(23)26-8-7-11-43(26,38)60-41-35(51)34(50)37(47(4)5)42(2,3)59-41/h8-11,13-16,28,31,34-35,37-38,41,48,50-51H,1,17-18,45H2,2-6H3,(H,46,52)/t28-,31-,34-,35+,37-,38+,41-,43+/m0/s1. The Morgan fingerprint density at radius 2 is 1.95 bits per heavy atom. The minimum absolute atomic E-state index is 0.0110. The van der Waals surface area contributed by atoms with E-state index in [0.717, 1.165) is 0 Å². The highest BCUT2D eigenvalue weighted by Crippen LogP contribution is 2.56. The van der Waals surface area contributed by atoms with Crippen molar-refractivity contribution in [3.8, 4) is 23.0 Å². The highest BCUT2D eigenvalue weighted by atomic mass is 35.5. The first kappa shape index (κ1) is 41.1. The van der Waals surface area contributed by atoms with Crippen LogP contribution in [0, 0.1) is 12.0 Å². The molecule has 9 aliphatic rings. The summed E-state index contributed by atoms with van der Waals surface area (Å²) in [5, 5.41) is 36.8. The average Bonchev–Trinajstić information content (AvgIpc) is 3.70. The second kappa shape index (κ2) is 15.1. The van der Waals surface area contributed by atoms with Crippen molar-refractivity contribution >= 4 is 35.1 Å². The number of rotatable bonds is 6.